The van der Waals surface area contributed by atoms with Crippen molar-refractivity contribution in [3.63, 3.8) is 0 Å². The van der Waals surface area contributed by atoms with Gasteiger partial charge in [0.1, 0.15) is 6.10 Å². The molecule has 0 spiro atoms. The summed E-state index contributed by atoms with van der Waals surface area (Å²) in [6.07, 6.45) is 68.6. The van der Waals surface area contributed by atoms with Crippen LogP contribution >= 0.6 is 0 Å². The smallest absolute Gasteiger partial charge is 0.306 e. The van der Waals surface area contributed by atoms with Crippen LogP contribution in [0.15, 0.2) is 109 Å². The summed E-state index contributed by atoms with van der Waals surface area (Å²) in [6.45, 7) is 5.14. The van der Waals surface area contributed by atoms with Crippen molar-refractivity contribution >= 4 is 5.97 Å². The number of rotatable bonds is 40. The van der Waals surface area contributed by atoms with E-state index in [-0.39, 0.29) is 19.2 Å². The van der Waals surface area contributed by atoms with Gasteiger partial charge in [0.15, 0.2) is 0 Å². The zero-order valence-corrected chi connectivity index (χ0v) is 35.6. The second kappa shape index (κ2) is 47.2. The summed E-state index contributed by atoms with van der Waals surface area (Å²) in [7, 11) is 0. The standard InChI is InChI=1S/C51H84O4/c1-3-5-7-9-11-13-15-17-19-21-23-25-26-27-28-30-32-34-36-38-40-42-44-46-51(53)55-50(48-52)49-54-47-45-43-41-39-37-35-33-31-29-24-22-20-18-16-14-12-10-8-6-4-2/h5,7,11-14,17-20,23-25,27-29,32,34,50,52H,3-4,6,8-10,15-16,21-22,26,30-31,33,35-49H2,1-2H3/b7-5-,13-11-,14-12-,19-17-,20-18-,25-23-,28-27-,29-24-,34-32-. The van der Waals surface area contributed by atoms with E-state index in [1.807, 2.05) is 0 Å². The molecule has 4 heteroatoms. The van der Waals surface area contributed by atoms with Gasteiger partial charge in [-0.3, -0.25) is 4.79 Å². The van der Waals surface area contributed by atoms with E-state index in [0.717, 1.165) is 96.3 Å². The summed E-state index contributed by atoms with van der Waals surface area (Å²) >= 11 is 0. The number of esters is 1. The summed E-state index contributed by atoms with van der Waals surface area (Å²) in [4.78, 5) is 12.2. The number of allylic oxidation sites excluding steroid dienone is 18. The highest BCUT2D eigenvalue weighted by Crippen LogP contribution is 2.11. The van der Waals surface area contributed by atoms with Gasteiger partial charge in [-0.05, 0) is 103 Å². The highest BCUT2D eigenvalue weighted by atomic mass is 16.6. The Labute approximate surface area is 340 Å². The fraction of sp³-hybridized carbons (Fsp3) is 0.627. The number of aliphatic hydroxyl groups excluding tert-OH is 1. The van der Waals surface area contributed by atoms with E-state index in [1.165, 1.54) is 64.2 Å². The van der Waals surface area contributed by atoms with Gasteiger partial charge in [0, 0.05) is 13.0 Å². The molecule has 0 aromatic heterocycles. The minimum absolute atomic E-state index is 0.194. The molecular formula is C51H84O4. The average Bonchev–Trinajstić information content (AvgIpc) is 3.19. The van der Waals surface area contributed by atoms with E-state index in [9.17, 15) is 9.90 Å². The first-order valence-electron chi connectivity index (χ1n) is 22.5. The van der Waals surface area contributed by atoms with Crippen LogP contribution in [0.4, 0.5) is 0 Å². The third-order valence-electron chi connectivity index (χ3n) is 9.08. The van der Waals surface area contributed by atoms with Gasteiger partial charge in [0.25, 0.3) is 0 Å². The van der Waals surface area contributed by atoms with Crippen molar-refractivity contribution in [3.05, 3.63) is 109 Å². The molecule has 0 aliphatic heterocycles. The van der Waals surface area contributed by atoms with Gasteiger partial charge in [-0.2, -0.15) is 0 Å². The lowest BCUT2D eigenvalue weighted by Crippen LogP contribution is -2.27. The monoisotopic (exact) mass is 761 g/mol. The average molecular weight is 761 g/mol. The van der Waals surface area contributed by atoms with Gasteiger partial charge in [-0.25, -0.2) is 0 Å². The fourth-order valence-electron chi connectivity index (χ4n) is 5.75. The Hall–Kier alpha value is -2.95. The summed E-state index contributed by atoms with van der Waals surface area (Å²) in [5, 5.41) is 9.62. The Morgan fingerprint density at radius 2 is 0.818 bits per heavy atom. The normalized spacial score (nSPS) is 13.4. The van der Waals surface area contributed by atoms with Crippen molar-refractivity contribution in [2.24, 2.45) is 0 Å². The maximum Gasteiger partial charge on any atom is 0.306 e. The van der Waals surface area contributed by atoms with Crippen LogP contribution in [0.5, 0.6) is 0 Å². The van der Waals surface area contributed by atoms with E-state index < -0.39 is 6.10 Å². The predicted octanol–water partition coefficient (Wildman–Crippen LogP) is 15.1. The minimum Gasteiger partial charge on any atom is -0.457 e. The number of aliphatic hydroxyl groups is 1. The topological polar surface area (TPSA) is 55.8 Å². The third-order valence-corrected chi connectivity index (χ3v) is 9.08. The number of carbonyl (C=O) groups excluding carboxylic acids is 1. The van der Waals surface area contributed by atoms with E-state index in [4.69, 9.17) is 9.47 Å². The summed E-state index contributed by atoms with van der Waals surface area (Å²) in [5.41, 5.74) is 0. The van der Waals surface area contributed by atoms with Crippen molar-refractivity contribution in [3.8, 4) is 0 Å². The van der Waals surface area contributed by atoms with Crippen LogP contribution in [0.25, 0.3) is 0 Å². The summed E-state index contributed by atoms with van der Waals surface area (Å²) in [5.74, 6) is -0.233. The van der Waals surface area contributed by atoms with E-state index in [2.05, 4.69) is 123 Å². The first-order valence-corrected chi connectivity index (χ1v) is 22.5. The minimum atomic E-state index is -0.562. The molecule has 0 bridgehead atoms. The molecule has 0 heterocycles. The quantitative estimate of drug-likeness (QED) is 0.0384. The zero-order valence-electron chi connectivity index (χ0n) is 35.6. The molecule has 0 aliphatic carbocycles. The molecule has 0 radical (unpaired) electrons. The van der Waals surface area contributed by atoms with Crippen LogP contribution < -0.4 is 0 Å². The largest absolute Gasteiger partial charge is 0.457 e. The Morgan fingerprint density at radius 3 is 1.24 bits per heavy atom. The number of carbonyl (C=O) groups is 1. The lowest BCUT2D eigenvalue weighted by Gasteiger charge is -2.15. The van der Waals surface area contributed by atoms with Gasteiger partial charge < -0.3 is 14.6 Å². The molecule has 0 aliphatic rings. The first-order chi connectivity index (χ1) is 27.2. The molecular weight excluding hydrogens is 677 g/mol. The lowest BCUT2D eigenvalue weighted by atomic mass is 10.1. The SMILES string of the molecule is CC/C=C\C/C=C\C/C=C\C/C=C\C/C=C\C/C=C\CCCCCCC(=O)OC(CO)COCCCCCCCCC/C=C\C/C=C\C/C=C\CCCCC. The fourth-order valence-corrected chi connectivity index (χ4v) is 5.75. The van der Waals surface area contributed by atoms with Crippen molar-refractivity contribution in [1.82, 2.24) is 0 Å². The number of hydrogen-bond donors (Lipinski definition) is 1. The molecule has 0 fully saturated rings. The maximum atomic E-state index is 12.2. The van der Waals surface area contributed by atoms with Crippen LogP contribution in [-0.4, -0.2) is 37.0 Å². The van der Waals surface area contributed by atoms with E-state index >= 15 is 0 Å². The van der Waals surface area contributed by atoms with Crippen molar-refractivity contribution in [2.45, 2.75) is 187 Å². The Kier molecular flexibility index (Phi) is 44.7. The van der Waals surface area contributed by atoms with Crippen LogP contribution in [0.1, 0.15) is 181 Å². The van der Waals surface area contributed by atoms with Gasteiger partial charge in [0.05, 0.1) is 13.2 Å². The summed E-state index contributed by atoms with van der Waals surface area (Å²) in [6, 6.07) is 0. The van der Waals surface area contributed by atoms with Gasteiger partial charge in [-0.1, -0.05) is 181 Å². The molecule has 4 nitrogen and oxygen atoms in total. The Morgan fingerprint density at radius 1 is 0.455 bits per heavy atom. The van der Waals surface area contributed by atoms with E-state index in [1.54, 1.807) is 0 Å². The van der Waals surface area contributed by atoms with Gasteiger partial charge in [0.2, 0.25) is 0 Å². The molecule has 55 heavy (non-hydrogen) atoms. The highest BCUT2D eigenvalue weighted by molar-refractivity contribution is 5.69. The highest BCUT2D eigenvalue weighted by Gasteiger charge is 2.13. The molecule has 1 unspecified atom stereocenters. The van der Waals surface area contributed by atoms with Crippen LogP contribution in [-0.2, 0) is 14.3 Å². The third kappa shape index (κ3) is 45.3. The van der Waals surface area contributed by atoms with Crippen molar-refractivity contribution in [2.75, 3.05) is 19.8 Å². The molecule has 0 aromatic carbocycles. The molecule has 1 N–H and O–H groups in total. The first kappa shape index (κ1) is 52.1. The van der Waals surface area contributed by atoms with Crippen LogP contribution in [0, 0.1) is 0 Å². The lowest BCUT2D eigenvalue weighted by molar-refractivity contribution is -0.154. The molecule has 0 saturated carbocycles. The van der Waals surface area contributed by atoms with E-state index in [0.29, 0.717) is 13.0 Å². The number of hydrogen-bond acceptors (Lipinski definition) is 4. The maximum absolute atomic E-state index is 12.2. The predicted molar refractivity (Wildman–Crippen MR) is 241 cm³/mol. The van der Waals surface area contributed by atoms with Crippen molar-refractivity contribution in [1.29, 1.82) is 0 Å². The zero-order chi connectivity index (χ0) is 39.8. The molecule has 0 aromatic rings. The van der Waals surface area contributed by atoms with Gasteiger partial charge in [-0.15, -0.1) is 0 Å². The van der Waals surface area contributed by atoms with Gasteiger partial charge >= 0.3 is 5.97 Å². The summed E-state index contributed by atoms with van der Waals surface area (Å²) < 4.78 is 11.2. The second-order valence-corrected chi connectivity index (χ2v) is 14.4. The molecule has 312 valence electrons. The molecule has 0 saturated heterocycles. The Balaban J connectivity index is 3.57. The second-order valence-electron chi connectivity index (χ2n) is 14.4. The van der Waals surface area contributed by atoms with Crippen LogP contribution in [0.2, 0.25) is 0 Å². The number of unbranched alkanes of at least 4 members (excludes halogenated alkanes) is 14. The van der Waals surface area contributed by atoms with Crippen LogP contribution in [0.3, 0.4) is 0 Å². The Bertz CT molecular complexity index is 1070. The molecule has 1 atom stereocenters. The molecule has 0 amide bonds. The molecule has 0 rings (SSSR count). The number of ether oxygens (including phenoxy) is 2. The van der Waals surface area contributed by atoms with Crippen molar-refractivity contribution < 1.29 is 19.4 Å².